The average Bonchev–Trinajstić information content (AvgIpc) is 3.74. The van der Waals surface area contributed by atoms with Crippen molar-refractivity contribution >= 4 is 77.1 Å². The van der Waals surface area contributed by atoms with Gasteiger partial charge in [0.2, 0.25) is 5.69 Å². The lowest BCUT2D eigenvalue weighted by atomic mass is 10.0. The summed E-state index contributed by atoms with van der Waals surface area (Å²) >= 11 is 0. The molecule has 0 radical (unpaired) electrons. The van der Waals surface area contributed by atoms with Crippen LogP contribution in [0.4, 0.5) is 22.7 Å². The van der Waals surface area contributed by atoms with Crippen LogP contribution in [-0.4, -0.2) is 9.13 Å². The van der Waals surface area contributed by atoms with Crippen molar-refractivity contribution in [3.8, 4) is 17.4 Å². The lowest BCUT2D eigenvalue weighted by molar-refractivity contribution is 1.09. The SMILES string of the molecule is [C-]#[N+]c1ccc(C#N)c(-n2c3ccccc3c3ccccc32)c1-n1c2ccc(N(c3ccccc3)c3ccccc3)cc2c2c3ccccc3ccc21. The Hall–Kier alpha value is -7.60. The van der Waals surface area contributed by atoms with Gasteiger partial charge in [-0.3, -0.25) is 0 Å². The Morgan fingerprint density at radius 2 is 1.02 bits per heavy atom. The molecule has 0 amide bonds. The zero-order chi connectivity index (χ0) is 35.5. The number of benzene rings is 8. The molecule has 0 unspecified atom stereocenters. The zero-order valence-corrected chi connectivity index (χ0v) is 28.5. The summed E-state index contributed by atoms with van der Waals surface area (Å²) in [6, 6.07) is 62.9. The third-order valence-corrected chi connectivity index (χ3v) is 10.3. The Morgan fingerprint density at radius 1 is 0.472 bits per heavy atom. The van der Waals surface area contributed by atoms with Crippen LogP contribution in [0.15, 0.2) is 176 Å². The fraction of sp³-hybridized carbons (Fsp3) is 0. The predicted octanol–water partition coefficient (Wildman–Crippen LogP) is 12.9. The predicted molar refractivity (Wildman–Crippen MR) is 218 cm³/mol. The van der Waals surface area contributed by atoms with Gasteiger partial charge in [-0.25, -0.2) is 4.85 Å². The van der Waals surface area contributed by atoms with Gasteiger partial charge in [0, 0.05) is 38.6 Å². The molecule has 0 fully saturated rings. The summed E-state index contributed by atoms with van der Waals surface area (Å²) in [5, 5.41) is 17.3. The minimum absolute atomic E-state index is 0.465. The molecule has 5 nitrogen and oxygen atoms in total. The number of aromatic nitrogens is 2. The maximum Gasteiger partial charge on any atom is 0.212 e. The van der Waals surface area contributed by atoms with E-state index in [4.69, 9.17) is 6.57 Å². The Balaban J connectivity index is 1.37. The first-order valence-corrected chi connectivity index (χ1v) is 17.5. The lowest BCUT2D eigenvalue weighted by Crippen LogP contribution is -2.09. The number of nitriles is 1. The first kappa shape index (κ1) is 30.2. The molecule has 0 atom stereocenters. The van der Waals surface area contributed by atoms with Crippen LogP contribution in [0.25, 0.3) is 70.6 Å². The van der Waals surface area contributed by atoms with Crippen LogP contribution in [0.5, 0.6) is 0 Å². The van der Waals surface area contributed by atoms with Gasteiger partial charge >= 0.3 is 0 Å². The molecule has 53 heavy (non-hydrogen) atoms. The Labute approximate surface area is 305 Å². The van der Waals surface area contributed by atoms with E-state index in [0.717, 1.165) is 71.4 Å². The molecule has 0 aliphatic carbocycles. The molecule has 0 N–H and O–H groups in total. The molecule has 0 saturated carbocycles. The fourth-order valence-corrected chi connectivity index (χ4v) is 8.12. The van der Waals surface area contributed by atoms with E-state index < -0.39 is 0 Å². The van der Waals surface area contributed by atoms with Gasteiger partial charge in [0.05, 0.1) is 45.6 Å². The molecule has 0 aliphatic rings. The van der Waals surface area contributed by atoms with Crippen molar-refractivity contribution in [3.05, 3.63) is 193 Å². The molecule has 5 heteroatoms. The molecule has 0 aliphatic heterocycles. The quantitative estimate of drug-likeness (QED) is 0.170. The van der Waals surface area contributed by atoms with Gasteiger partial charge in [0.1, 0.15) is 6.07 Å². The smallest absolute Gasteiger partial charge is 0.212 e. The summed E-state index contributed by atoms with van der Waals surface area (Å²) in [7, 11) is 0. The van der Waals surface area contributed by atoms with Crippen molar-refractivity contribution in [2.24, 2.45) is 0 Å². The van der Waals surface area contributed by atoms with Crippen LogP contribution in [0, 0.1) is 17.9 Å². The van der Waals surface area contributed by atoms with Crippen molar-refractivity contribution in [2.45, 2.75) is 0 Å². The molecular weight excluding hydrogens is 647 g/mol. The summed E-state index contributed by atoms with van der Waals surface area (Å²) in [6.45, 7) is 8.50. The second-order valence-electron chi connectivity index (χ2n) is 13.1. The minimum atomic E-state index is 0.465. The summed E-state index contributed by atoms with van der Waals surface area (Å²) in [6.07, 6.45) is 0. The molecule has 8 aromatic carbocycles. The molecule has 0 bridgehead atoms. The van der Waals surface area contributed by atoms with E-state index in [1.807, 2.05) is 36.4 Å². The van der Waals surface area contributed by atoms with E-state index in [0.29, 0.717) is 22.6 Å². The van der Waals surface area contributed by atoms with Gasteiger partial charge in [-0.05, 0) is 71.4 Å². The van der Waals surface area contributed by atoms with Crippen LogP contribution in [0.3, 0.4) is 0 Å². The standard InChI is InChI=1S/C48H29N5/c1-50-41-27-24-33(31-49)47(52-42-22-12-10-20-38(42)39-21-11-13-23-43(39)52)48(41)53-44-29-26-36(51(34-15-4-2-5-16-34)35-17-6-3-7-18-35)30-40(44)46-37-19-9-8-14-32(37)25-28-45(46)53/h2-30H. The van der Waals surface area contributed by atoms with Crippen molar-refractivity contribution in [3.63, 3.8) is 0 Å². The van der Waals surface area contributed by atoms with Crippen molar-refractivity contribution in [1.29, 1.82) is 5.26 Å². The van der Waals surface area contributed by atoms with Gasteiger partial charge < -0.3 is 14.0 Å². The van der Waals surface area contributed by atoms with Crippen molar-refractivity contribution in [1.82, 2.24) is 9.13 Å². The van der Waals surface area contributed by atoms with E-state index in [1.165, 1.54) is 0 Å². The molecular formula is C48H29N5. The highest BCUT2D eigenvalue weighted by atomic mass is 15.1. The number of nitrogens with zero attached hydrogens (tertiary/aromatic N) is 5. The van der Waals surface area contributed by atoms with Crippen LogP contribution in [0.1, 0.15) is 5.56 Å². The van der Waals surface area contributed by atoms with Crippen LogP contribution in [-0.2, 0) is 0 Å². The van der Waals surface area contributed by atoms with E-state index in [2.05, 4.69) is 152 Å². The fourth-order valence-electron chi connectivity index (χ4n) is 8.12. The highest BCUT2D eigenvalue weighted by molar-refractivity contribution is 6.22. The number of anilines is 3. The van der Waals surface area contributed by atoms with E-state index in [-0.39, 0.29) is 0 Å². The number of hydrogen-bond acceptors (Lipinski definition) is 2. The van der Waals surface area contributed by atoms with E-state index in [1.54, 1.807) is 12.1 Å². The highest BCUT2D eigenvalue weighted by Crippen LogP contribution is 2.46. The van der Waals surface area contributed by atoms with Gasteiger partial charge in [0.15, 0.2) is 0 Å². The summed E-state index contributed by atoms with van der Waals surface area (Å²) in [5.41, 5.74) is 9.30. The van der Waals surface area contributed by atoms with Crippen LogP contribution >= 0.6 is 0 Å². The second kappa shape index (κ2) is 12.0. The first-order chi connectivity index (χ1) is 26.2. The average molecular weight is 676 g/mol. The molecule has 2 heterocycles. The highest BCUT2D eigenvalue weighted by Gasteiger charge is 2.26. The molecule has 0 saturated heterocycles. The largest absolute Gasteiger partial charge is 0.317 e. The zero-order valence-electron chi connectivity index (χ0n) is 28.5. The van der Waals surface area contributed by atoms with Crippen LogP contribution in [0.2, 0.25) is 0 Å². The molecule has 10 aromatic rings. The monoisotopic (exact) mass is 675 g/mol. The summed E-state index contributed by atoms with van der Waals surface area (Å²) in [4.78, 5) is 6.41. The Morgan fingerprint density at radius 3 is 1.66 bits per heavy atom. The third kappa shape index (κ3) is 4.55. The number of para-hydroxylation sites is 4. The second-order valence-corrected chi connectivity index (χ2v) is 13.1. The molecule has 246 valence electrons. The van der Waals surface area contributed by atoms with E-state index in [9.17, 15) is 5.26 Å². The number of rotatable bonds is 5. The molecule has 2 aromatic heterocycles. The lowest BCUT2D eigenvalue weighted by Gasteiger charge is -2.25. The van der Waals surface area contributed by atoms with E-state index >= 15 is 0 Å². The minimum Gasteiger partial charge on any atom is -0.317 e. The van der Waals surface area contributed by atoms with Gasteiger partial charge in [-0.15, -0.1) is 0 Å². The number of fused-ring (bicyclic) bond motifs is 8. The van der Waals surface area contributed by atoms with Crippen molar-refractivity contribution in [2.75, 3.05) is 4.90 Å². The topological polar surface area (TPSA) is 41.2 Å². The maximum atomic E-state index is 10.8. The van der Waals surface area contributed by atoms with Gasteiger partial charge in [-0.2, -0.15) is 5.26 Å². The van der Waals surface area contributed by atoms with Gasteiger partial charge in [-0.1, -0.05) is 115 Å². The van der Waals surface area contributed by atoms with Crippen LogP contribution < -0.4 is 4.90 Å². The summed E-state index contributed by atoms with van der Waals surface area (Å²) in [5.74, 6) is 0. The third-order valence-electron chi connectivity index (χ3n) is 10.3. The maximum absolute atomic E-state index is 10.8. The van der Waals surface area contributed by atoms with Gasteiger partial charge in [0.25, 0.3) is 0 Å². The summed E-state index contributed by atoms with van der Waals surface area (Å²) < 4.78 is 4.39. The Kier molecular flexibility index (Phi) is 6.86. The Bertz CT molecular complexity index is 3050. The number of hydrogen-bond donors (Lipinski definition) is 0. The molecule has 10 rings (SSSR count). The first-order valence-electron chi connectivity index (χ1n) is 17.5. The molecule has 0 spiro atoms. The normalized spacial score (nSPS) is 11.4. The van der Waals surface area contributed by atoms with Crippen molar-refractivity contribution < 1.29 is 0 Å².